The van der Waals surface area contributed by atoms with Gasteiger partial charge in [-0.05, 0) is 17.7 Å². The van der Waals surface area contributed by atoms with Crippen molar-refractivity contribution in [3.8, 4) is 5.75 Å². The number of esters is 1. The summed E-state index contributed by atoms with van der Waals surface area (Å²) < 4.78 is 32.3. The van der Waals surface area contributed by atoms with Gasteiger partial charge in [0.1, 0.15) is 11.8 Å². The molecule has 17 heavy (non-hydrogen) atoms. The molecule has 0 unspecified atom stereocenters. The average molecular weight is 268 g/mol. The van der Waals surface area contributed by atoms with Crippen LogP contribution in [0, 0.1) is 0 Å². The highest BCUT2D eigenvalue weighted by Gasteiger charge is 2.16. The number of carbonyl (C=O) groups excluding carboxylic acids is 1. The molecular weight excluding hydrogens is 256 g/mol. The van der Waals surface area contributed by atoms with Crippen LogP contribution < -0.4 is 10.5 Å². The molecule has 0 aliphatic heterocycles. The first kappa shape index (κ1) is 15.6. The molecule has 4 nitrogen and oxygen atoms in total. The monoisotopic (exact) mass is 267 g/mol. The molecule has 1 atom stereocenters. The van der Waals surface area contributed by atoms with E-state index in [1.807, 2.05) is 0 Å². The number of alkyl halides is 2. The molecule has 0 saturated carbocycles. The van der Waals surface area contributed by atoms with Crippen molar-refractivity contribution in [1.29, 1.82) is 0 Å². The lowest BCUT2D eigenvalue weighted by molar-refractivity contribution is -0.142. The summed E-state index contributed by atoms with van der Waals surface area (Å²) in [5.41, 5.74) is 6.00. The Morgan fingerprint density at radius 1 is 1.29 bits per heavy atom. The number of methoxy groups -OCH3 is 1. The Morgan fingerprint density at radius 2 is 1.82 bits per heavy atom. The second-order valence-electron chi connectivity index (χ2n) is 2.95. The van der Waals surface area contributed by atoms with E-state index in [4.69, 9.17) is 5.73 Å². The maximum absolute atomic E-state index is 11.8. The maximum atomic E-state index is 11.8. The largest absolute Gasteiger partial charge is 0.468 e. The van der Waals surface area contributed by atoms with Crippen molar-refractivity contribution in [1.82, 2.24) is 0 Å². The van der Waals surface area contributed by atoms with E-state index >= 15 is 0 Å². The van der Waals surface area contributed by atoms with Gasteiger partial charge in [0.15, 0.2) is 0 Å². The van der Waals surface area contributed by atoms with E-state index in [1.165, 1.54) is 31.4 Å². The summed E-state index contributed by atoms with van der Waals surface area (Å²) in [7, 11) is 1.22. The zero-order valence-corrected chi connectivity index (χ0v) is 9.75. The number of ether oxygens (including phenoxy) is 2. The Bertz CT molecular complexity index is 359. The molecule has 0 bridgehead atoms. The standard InChI is InChI=1S/C10H11F2NO3.ClH/c1-15-9(14)8(13)6-2-4-7(5-3-6)16-10(11)12;/h2-5,8,10H,13H2,1H3;1H/t8-;/m1./s1. The fraction of sp³-hybridized carbons (Fsp3) is 0.300. The number of halogens is 3. The average Bonchev–Trinajstić information content (AvgIpc) is 2.27. The van der Waals surface area contributed by atoms with Crippen LogP contribution in [0.1, 0.15) is 11.6 Å². The van der Waals surface area contributed by atoms with E-state index in [1.54, 1.807) is 0 Å². The lowest BCUT2D eigenvalue weighted by Gasteiger charge is -2.10. The molecule has 7 heteroatoms. The Labute approximate surface area is 103 Å². The van der Waals surface area contributed by atoms with Gasteiger partial charge >= 0.3 is 12.6 Å². The van der Waals surface area contributed by atoms with Crippen molar-refractivity contribution in [2.75, 3.05) is 7.11 Å². The third kappa shape index (κ3) is 4.54. The van der Waals surface area contributed by atoms with Crippen LogP contribution in [0.15, 0.2) is 24.3 Å². The van der Waals surface area contributed by atoms with Gasteiger partial charge in [0.25, 0.3) is 0 Å². The highest BCUT2D eigenvalue weighted by atomic mass is 35.5. The number of hydrogen-bond donors (Lipinski definition) is 1. The molecule has 0 saturated heterocycles. The summed E-state index contributed by atoms with van der Waals surface area (Å²) in [6, 6.07) is 4.55. The van der Waals surface area contributed by atoms with Crippen LogP contribution in [0.4, 0.5) is 8.78 Å². The summed E-state index contributed by atoms with van der Waals surface area (Å²) in [5.74, 6) is -0.585. The summed E-state index contributed by atoms with van der Waals surface area (Å²) >= 11 is 0. The molecule has 1 aromatic rings. The van der Waals surface area contributed by atoms with Gasteiger partial charge in [-0.25, -0.2) is 0 Å². The molecule has 1 rings (SSSR count). The van der Waals surface area contributed by atoms with Crippen LogP contribution in [-0.2, 0) is 9.53 Å². The molecule has 1 aromatic carbocycles. The Hall–Kier alpha value is -1.40. The van der Waals surface area contributed by atoms with Crippen LogP contribution >= 0.6 is 12.4 Å². The van der Waals surface area contributed by atoms with E-state index in [-0.39, 0.29) is 18.2 Å². The van der Waals surface area contributed by atoms with Gasteiger partial charge in [-0.3, -0.25) is 4.79 Å². The van der Waals surface area contributed by atoms with Crippen LogP contribution in [0.3, 0.4) is 0 Å². The van der Waals surface area contributed by atoms with E-state index < -0.39 is 18.6 Å². The molecule has 0 amide bonds. The summed E-state index contributed by atoms with van der Waals surface area (Å²) in [4.78, 5) is 11.1. The summed E-state index contributed by atoms with van der Waals surface area (Å²) in [5, 5.41) is 0. The van der Waals surface area contributed by atoms with Gasteiger partial charge in [-0.15, -0.1) is 12.4 Å². The molecule has 0 spiro atoms. The van der Waals surface area contributed by atoms with Crippen LogP contribution in [-0.4, -0.2) is 19.7 Å². The fourth-order valence-electron chi connectivity index (χ4n) is 1.12. The van der Waals surface area contributed by atoms with Crippen molar-refractivity contribution in [3.05, 3.63) is 29.8 Å². The summed E-state index contributed by atoms with van der Waals surface area (Å²) in [6.45, 7) is -2.87. The van der Waals surface area contributed by atoms with Crippen LogP contribution in [0.25, 0.3) is 0 Å². The molecular formula is C10H12ClF2NO3. The molecule has 0 radical (unpaired) electrons. The predicted molar refractivity (Wildman–Crippen MR) is 59.3 cm³/mol. The van der Waals surface area contributed by atoms with Crippen molar-refractivity contribution >= 4 is 18.4 Å². The Balaban J connectivity index is 0.00000256. The van der Waals surface area contributed by atoms with Gasteiger partial charge in [-0.2, -0.15) is 8.78 Å². The van der Waals surface area contributed by atoms with Crippen molar-refractivity contribution in [3.63, 3.8) is 0 Å². The van der Waals surface area contributed by atoms with Gasteiger partial charge in [0.2, 0.25) is 0 Å². The lowest BCUT2D eigenvalue weighted by atomic mass is 10.1. The molecule has 0 aromatic heterocycles. The SMILES string of the molecule is COC(=O)[C@H](N)c1ccc(OC(F)F)cc1.Cl. The molecule has 0 aliphatic carbocycles. The maximum Gasteiger partial charge on any atom is 0.387 e. The van der Waals surface area contributed by atoms with Crippen molar-refractivity contribution in [2.45, 2.75) is 12.7 Å². The van der Waals surface area contributed by atoms with E-state index in [0.29, 0.717) is 5.56 Å². The molecule has 2 N–H and O–H groups in total. The Morgan fingerprint density at radius 3 is 2.24 bits per heavy atom. The molecule has 0 heterocycles. The van der Waals surface area contributed by atoms with Crippen LogP contribution in [0.5, 0.6) is 5.75 Å². The van der Waals surface area contributed by atoms with Gasteiger partial charge in [0, 0.05) is 0 Å². The van der Waals surface area contributed by atoms with E-state index in [2.05, 4.69) is 9.47 Å². The number of nitrogens with two attached hydrogens (primary N) is 1. The summed E-state index contributed by atoms with van der Waals surface area (Å²) in [6.07, 6.45) is 0. The second-order valence-corrected chi connectivity index (χ2v) is 2.95. The zero-order valence-electron chi connectivity index (χ0n) is 8.93. The lowest BCUT2D eigenvalue weighted by Crippen LogP contribution is -2.22. The smallest absolute Gasteiger partial charge is 0.387 e. The second kappa shape index (κ2) is 7.03. The first-order valence-electron chi connectivity index (χ1n) is 4.42. The van der Waals surface area contributed by atoms with Gasteiger partial charge in [0.05, 0.1) is 7.11 Å². The minimum atomic E-state index is -2.87. The molecule has 96 valence electrons. The fourth-order valence-corrected chi connectivity index (χ4v) is 1.12. The zero-order chi connectivity index (χ0) is 12.1. The third-order valence-corrected chi connectivity index (χ3v) is 1.92. The predicted octanol–water partition coefficient (Wildman–Crippen LogP) is 1.88. The van der Waals surface area contributed by atoms with Crippen molar-refractivity contribution in [2.24, 2.45) is 5.73 Å². The highest BCUT2D eigenvalue weighted by Crippen LogP contribution is 2.18. The number of carbonyl (C=O) groups is 1. The molecule has 0 fully saturated rings. The Kier molecular flexibility index (Phi) is 6.45. The minimum absolute atomic E-state index is 0. The quantitative estimate of drug-likeness (QED) is 0.846. The van der Waals surface area contributed by atoms with Gasteiger partial charge < -0.3 is 15.2 Å². The topological polar surface area (TPSA) is 61.5 Å². The first-order chi connectivity index (χ1) is 7.54. The highest BCUT2D eigenvalue weighted by molar-refractivity contribution is 5.85. The first-order valence-corrected chi connectivity index (χ1v) is 4.42. The number of hydrogen-bond acceptors (Lipinski definition) is 4. The van der Waals surface area contributed by atoms with Gasteiger partial charge in [-0.1, -0.05) is 12.1 Å². The van der Waals surface area contributed by atoms with Crippen molar-refractivity contribution < 1.29 is 23.0 Å². The number of benzene rings is 1. The third-order valence-electron chi connectivity index (χ3n) is 1.92. The minimum Gasteiger partial charge on any atom is -0.468 e. The van der Waals surface area contributed by atoms with E-state index in [9.17, 15) is 13.6 Å². The molecule has 0 aliphatic rings. The number of rotatable bonds is 4. The normalized spacial score (nSPS) is 11.6. The van der Waals surface area contributed by atoms with E-state index in [0.717, 1.165) is 0 Å². The van der Waals surface area contributed by atoms with Crippen LogP contribution in [0.2, 0.25) is 0 Å².